The number of fused-ring (bicyclic) bond motifs is 4. The number of rotatable bonds is 0. The molecule has 0 heteroatoms. The van der Waals surface area contributed by atoms with E-state index in [9.17, 15) is 0 Å². The molecule has 0 heterocycles. The highest BCUT2D eigenvalue weighted by Crippen LogP contribution is 2.61. The highest BCUT2D eigenvalue weighted by molar-refractivity contribution is 5.30. The van der Waals surface area contributed by atoms with Crippen molar-refractivity contribution in [2.75, 3.05) is 0 Å². The van der Waals surface area contributed by atoms with Crippen molar-refractivity contribution in [1.82, 2.24) is 0 Å². The summed E-state index contributed by atoms with van der Waals surface area (Å²) >= 11 is 0. The van der Waals surface area contributed by atoms with Crippen LogP contribution in [0.4, 0.5) is 0 Å². The molecule has 5 atom stereocenters. The van der Waals surface area contributed by atoms with Crippen LogP contribution in [0.3, 0.4) is 0 Å². The van der Waals surface area contributed by atoms with Crippen molar-refractivity contribution < 1.29 is 0 Å². The zero-order valence-electron chi connectivity index (χ0n) is 12.6. The Balaban J connectivity index is 1.70. The van der Waals surface area contributed by atoms with E-state index in [0.717, 1.165) is 23.7 Å². The third kappa shape index (κ3) is 1.64. The Morgan fingerprint density at radius 3 is 2.74 bits per heavy atom. The van der Waals surface area contributed by atoms with Crippen molar-refractivity contribution in [2.45, 2.75) is 65.2 Å². The van der Waals surface area contributed by atoms with Gasteiger partial charge in [-0.15, -0.1) is 0 Å². The van der Waals surface area contributed by atoms with Gasteiger partial charge < -0.3 is 0 Å². The van der Waals surface area contributed by atoms with Crippen molar-refractivity contribution in [2.24, 2.45) is 29.1 Å². The van der Waals surface area contributed by atoms with Crippen LogP contribution in [-0.4, -0.2) is 0 Å². The molecule has 1 fully saturated rings. The lowest BCUT2D eigenvalue weighted by molar-refractivity contribution is -0.00333. The second-order valence-electron chi connectivity index (χ2n) is 7.93. The zero-order chi connectivity index (χ0) is 13.0. The van der Waals surface area contributed by atoms with Gasteiger partial charge in [-0.3, -0.25) is 0 Å². The Morgan fingerprint density at radius 1 is 1.00 bits per heavy atom. The smallest absolute Gasteiger partial charge is 0.0166 e. The third-order valence-corrected chi connectivity index (χ3v) is 7.26. The summed E-state index contributed by atoms with van der Waals surface area (Å²) in [4.78, 5) is 0. The van der Waals surface area contributed by atoms with Crippen molar-refractivity contribution in [1.29, 1.82) is 0 Å². The Hall–Kier alpha value is -0.520. The van der Waals surface area contributed by atoms with Gasteiger partial charge in [0.15, 0.2) is 0 Å². The van der Waals surface area contributed by atoms with E-state index in [-0.39, 0.29) is 0 Å². The second-order valence-corrected chi connectivity index (χ2v) is 7.93. The summed E-state index contributed by atoms with van der Waals surface area (Å²) in [5, 5.41) is 0. The Bertz CT molecular complexity index is 441. The molecule has 0 saturated heterocycles. The van der Waals surface area contributed by atoms with Crippen LogP contribution < -0.4 is 0 Å². The quantitative estimate of drug-likeness (QED) is 0.502. The minimum atomic E-state index is 0.627. The van der Waals surface area contributed by atoms with Crippen molar-refractivity contribution in [3.05, 3.63) is 23.3 Å². The van der Waals surface area contributed by atoms with E-state index in [1.807, 2.05) is 11.1 Å². The first-order valence-electron chi connectivity index (χ1n) is 8.57. The van der Waals surface area contributed by atoms with Crippen LogP contribution in [0.1, 0.15) is 65.2 Å². The fraction of sp³-hybridized carbons (Fsp3) is 0.789. The number of allylic oxidation sites excluding steroid dienone is 4. The maximum absolute atomic E-state index is 2.63. The summed E-state index contributed by atoms with van der Waals surface area (Å²) in [6, 6.07) is 0. The zero-order valence-corrected chi connectivity index (χ0v) is 12.6. The second kappa shape index (κ2) is 4.24. The van der Waals surface area contributed by atoms with Gasteiger partial charge in [-0.2, -0.15) is 0 Å². The minimum absolute atomic E-state index is 0.627. The van der Waals surface area contributed by atoms with Gasteiger partial charge in [0.05, 0.1) is 0 Å². The van der Waals surface area contributed by atoms with E-state index in [0.29, 0.717) is 5.41 Å². The summed E-state index contributed by atoms with van der Waals surface area (Å²) in [5.74, 6) is 3.87. The molecular formula is C19H28. The van der Waals surface area contributed by atoms with Gasteiger partial charge in [0.1, 0.15) is 0 Å². The van der Waals surface area contributed by atoms with Crippen molar-refractivity contribution in [3.63, 3.8) is 0 Å². The van der Waals surface area contributed by atoms with Gasteiger partial charge in [0.25, 0.3) is 0 Å². The maximum Gasteiger partial charge on any atom is -0.0166 e. The van der Waals surface area contributed by atoms with Crippen LogP contribution >= 0.6 is 0 Å². The topological polar surface area (TPSA) is 0 Å². The van der Waals surface area contributed by atoms with E-state index in [1.54, 1.807) is 0 Å². The molecule has 0 unspecified atom stereocenters. The third-order valence-electron chi connectivity index (χ3n) is 7.26. The molecular weight excluding hydrogens is 228 g/mol. The van der Waals surface area contributed by atoms with Gasteiger partial charge in [-0.1, -0.05) is 37.1 Å². The summed E-state index contributed by atoms with van der Waals surface area (Å²) in [6.45, 7) is 5.10. The van der Waals surface area contributed by atoms with Gasteiger partial charge >= 0.3 is 0 Å². The van der Waals surface area contributed by atoms with Gasteiger partial charge in [0.2, 0.25) is 0 Å². The van der Waals surface area contributed by atoms with Crippen LogP contribution in [0, 0.1) is 29.1 Å². The van der Waals surface area contributed by atoms with E-state index in [4.69, 9.17) is 0 Å². The first kappa shape index (κ1) is 12.2. The molecule has 4 aliphatic carbocycles. The normalized spacial score (nSPS) is 48.7. The molecule has 1 saturated carbocycles. The molecule has 4 rings (SSSR count). The van der Waals surface area contributed by atoms with E-state index >= 15 is 0 Å². The van der Waals surface area contributed by atoms with Crippen molar-refractivity contribution >= 4 is 0 Å². The largest absolute Gasteiger partial charge is 0.0882 e. The maximum atomic E-state index is 2.63. The minimum Gasteiger partial charge on any atom is -0.0882 e. The number of hydrogen-bond acceptors (Lipinski definition) is 0. The van der Waals surface area contributed by atoms with E-state index in [2.05, 4.69) is 26.0 Å². The molecule has 0 nitrogen and oxygen atoms in total. The van der Waals surface area contributed by atoms with Crippen LogP contribution in [0.5, 0.6) is 0 Å². The molecule has 0 aromatic heterocycles. The molecule has 19 heavy (non-hydrogen) atoms. The lowest BCUT2D eigenvalue weighted by Gasteiger charge is -2.54. The predicted octanol–water partition coefficient (Wildman–Crippen LogP) is 5.51. The Morgan fingerprint density at radius 2 is 1.84 bits per heavy atom. The lowest BCUT2D eigenvalue weighted by atomic mass is 9.50. The molecule has 0 aromatic rings. The average molecular weight is 256 g/mol. The predicted molar refractivity (Wildman–Crippen MR) is 80.8 cm³/mol. The van der Waals surface area contributed by atoms with Gasteiger partial charge in [-0.05, 0) is 80.5 Å². The highest BCUT2D eigenvalue weighted by atomic mass is 14.6. The van der Waals surface area contributed by atoms with Crippen LogP contribution in [0.15, 0.2) is 23.3 Å². The molecule has 0 N–H and O–H groups in total. The fourth-order valence-electron chi connectivity index (χ4n) is 6.09. The summed E-state index contributed by atoms with van der Waals surface area (Å²) in [7, 11) is 0. The standard InChI is InChI=1S/C19H28/c1-13-6-8-16-15(13)10-11-18-17(16)9-7-14-5-3-4-12-19(14,18)2/h3-4,13-14,17-18H,5-12H2,1-2H3/t13-,14+,17-,18-,19-/m0/s1. The highest BCUT2D eigenvalue weighted by Gasteiger charge is 2.50. The summed E-state index contributed by atoms with van der Waals surface area (Å²) in [6.07, 6.45) is 16.5. The number of hydrogen-bond donors (Lipinski definition) is 0. The Labute approximate surface area is 118 Å². The molecule has 4 aliphatic rings. The summed E-state index contributed by atoms with van der Waals surface area (Å²) < 4.78 is 0. The molecule has 0 aliphatic heterocycles. The first-order chi connectivity index (χ1) is 9.20. The van der Waals surface area contributed by atoms with Crippen molar-refractivity contribution in [3.8, 4) is 0 Å². The molecule has 0 aromatic carbocycles. The Kier molecular flexibility index (Phi) is 2.73. The SMILES string of the molecule is C[C@H]1CCC2=C1CC[C@H]1[C@H]2CC[C@H]2CC=CC[C@@]21C. The molecule has 0 bridgehead atoms. The van der Waals surface area contributed by atoms with Gasteiger partial charge in [0, 0.05) is 0 Å². The van der Waals surface area contributed by atoms with Crippen LogP contribution in [-0.2, 0) is 0 Å². The van der Waals surface area contributed by atoms with E-state index < -0.39 is 0 Å². The summed E-state index contributed by atoms with van der Waals surface area (Å²) in [5.41, 5.74) is 4.47. The lowest BCUT2D eigenvalue weighted by Crippen LogP contribution is -2.46. The molecule has 0 amide bonds. The molecule has 104 valence electrons. The van der Waals surface area contributed by atoms with Gasteiger partial charge in [-0.25, -0.2) is 0 Å². The monoisotopic (exact) mass is 256 g/mol. The molecule has 0 radical (unpaired) electrons. The van der Waals surface area contributed by atoms with E-state index in [1.165, 1.54) is 51.4 Å². The average Bonchev–Trinajstić information content (AvgIpc) is 2.80. The fourth-order valence-corrected chi connectivity index (χ4v) is 6.09. The van der Waals surface area contributed by atoms with Crippen LogP contribution in [0.2, 0.25) is 0 Å². The van der Waals surface area contributed by atoms with Crippen LogP contribution in [0.25, 0.3) is 0 Å². The first-order valence-corrected chi connectivity index (χ1v) is 8.57. The molecule has 0 spiro atoms.